The number of ether oxygens (including phenoxy) is 1. The van der Waals surface area contributed by atoms with E-state index in [9.17, 15) is 35.1 Å². The topological polar surface area (TPSA) is 168 Å². The van der Waals surface area contributed by atoms with E-state index in [1.807, 2.05) is 12.2 Å². The van der Waals surface area contributed by atoms with Crippen molar-refractivity contribution in [2.24, 2.45) is 0 Å². The lowest BCUT2D eigenvalue weighted by Gasteiger charge is -2.07. The molecule has 1 rings (SSSR count). The maximum atomic E-state index is 11.5. The second-order valence-corrected chi connectivity index (χ2v) is 4.24. The van der Waals surface area contributed by atoms with E-state index in [4.69, 9.17) is 4.74 Å². The molecule has 0 aliphatic carbocycles. The van der Waals surface area contributed by atoms with Gasteiger partial charge in [-0.2, -0.15) is 0 Å². The number of carbonyl (C=O) groups excluding carboxylic acids is 1. The molecule has 0 atom stereocenters. The van der Waals surface area contributed by atoms with E-state index in [-0.39, 0.29) is 6.61 Å². The molecule has 0 saturated heterocycles. The Morgan fingerprint density at radius 3 is 2.00 bits per heavy atom. The summed E-state index contributed by atoms with van der Waals surface area (Å²) >= 11 is 0. The Kier molecular flexibility index (Phi) is 5.88. The summed E-state index contributed by atoms with van der Waals surface area (Å²) in [7, 11) is 0. The number of anilines is 1. The number of nitrogens with zero attached hydrogens (tertiary/aromatic N) is 3. The molecule has 1 aromatic rings. The zero-order chi connectivity index (χ0) is 17.6. The highest BCUT2D eigenvalue weighted by Gasteiger charge is 2.32. The lowest BCUT2D eigenvalue weighted by molar-refractivity contribution is -0.401. The number of amides is 1. The minimum Gasteiger partial charge on any atom is -0.449 e. The SMILES string of the molecule is CCCCOC(=O)Nc1c([N+](=O)[O-])cc([N+](=O)[O-])cc1[N+](=O)[O-]. The van der Waals surface area contributed by atoms with Gasteiger partial charge >= 0.3 is 17.5 Å². The van der Waals surface area contributed by atoms with Crippen molar-refractivity contribution in [2.45, 2.75) is 19.8 Å². The van der Waals surface area contributed by atoms with Gasteiger partial charge in [0.25, 0.3) is 5.69 Å². The van der Waals surface area contributed by atoms with Crippen LogP contribution in [0.3, 0.4) is 0 Å². The Hall–Kier alpha value is -3.31. The van der Waals surface area contributed by atoms with Crippen molar-refractivity contribution in [3.63, 3.8) is 0 Å². The smallest absolute Gasteiger partial charge is 0.412 e. The minimum absolute atomic E-state index is 0.0247. The number of nitrogens with one attached hydrogen (secondary N) is 1. The number of nitro groups is 3. The molecule has 0 spiro atoms. The van der Waals surface area contributed by atoms with E-state index in [0.717, 1.165) is 6.42 Å². The van der Waals surface area contributed by atoms with Crippen LogP contribution in [-0.4, -0.2) is 27.5 Å². The molecule has 12 heteroatoms. The quantitative estimate of drug-likeness (QED) is 0.452. The van der Waals surface area contributed by atoms with Crippen molar-refractivity contribution >= 4 is 28.8 Å². The number of carbonyl (C=O) groups is 1. The van der Waals surface area contributed by atoms with Gasteiger partial charge in [0.1, 0.15) is 0 Å². The standard InChI is InChI=1S/C11H12N4O8/c1-2-3-4-23-11(16)12-10-8(14(19)20)5-7(13(17)18)6-9(10)15(21)22/h5-6H,2-4H2,1H3,(H,12,16). The number of hydrogen-bond acceptors (Lipinski definition) is 8. The molecule has 0 fully saturated rings. The first-order valence-electron chi connectivity index (χ1n) is 6.32. The summed E-state index contributed by atoms with van der Waals surface area (Å²) in [5.41, 5.74) is -3.56. The molecule has 0 unspecified atom stereocenters. The van der Waals surface area contributed by atoms with Gasteiger partial charge in [0.15, 0.2) is 0 Å². The summed E-state index contributed by atoms with van der Waals surface area (Å²) in [5, 5.41) is 34.6. The van der Waals surface area contributed by atoms with Crippen molar-refractivity contribution in [2.75, 3.05) is 11.9 Å². The normalized spacial score (nSPS) is 9.96. The number of unbranched alkanes of at least 4 members (excludes halogenated alkanes) is 1. The van der Waals surface area contributed by atoms with E-state index < -0.39 is 43.6 Å². The maximum Gasteiger partial charge on any atom is 0.412 e. The van der Waals surface area contributed by atoms with Crippen molar-refractivity contribution in [3.05, 3.63) is 42.5 Å². The Bertz CT molecular complexity index is 624. The highest BCUT2D eigenvalue weighted by atomic mass is 16.6. The molecule has 0 radical (unpaired) electrons. The molecule has 1 aromatic carbocycles. The zero-order valence-corrected chi connectivity index (χ0v) is 11.9. The van der Waals surface area contributed by atoms with Crippen LogP contribution in [0, 0.1) is 30.3 Å². The van der Waals surface area contributed by atoms with E-state index in [1.54, 1.807) is 0 Å². The summed E-state index contributed by atoms with van der Waals surface area (Å²) in [6, 6.07) is 1.04. The lowest BCUT2D eigenvalue weighted by atomic mass is 10.2. The highest BCUT2D eigenvalue weighted by Crippen LogP contribution is 2.38. The molecule has 0 heterocycles. The molecule has 0 aliphatic rings. The molecule has 1 N–H and O–H groups in total. The van der Waals surface area contributed by atoms with E-state index in [2.05, 4.69) is 0 Å². The third-order valence-electron chi connectivity index (χ3n) is 2.64. The monoisotopic (exact) mass is 328 g/mol. The molecule has 23 heavy (non-hydrogen) atoms. The first-order chi connectivity index (χ1) is 10.8. The van der Waals surface area contributed by atoms with Crippen molar-refractivity contribution in [1.29, 1.82) is 0 Å². The van der Waals surface area contributed by atoms with E-state index in [1.165, 1.54) is 0 Å². The summed E-state index contributed by atoms with van der Waals surface area (Å²) in [6.45, 7) is 1.87. The van der Waals surface area contributed by atoms with E-state index >= 15 is 0 Å². The summed E-state index contributed by atoms with van der Waals surface area (Å²) in [6.07, 6.45) is 0.140. The van der Waals surface area contributed by atoms with Gasteiger partial charge < -0.3 is 4.74 Å². The minimum atomic E-state index is -1.13. The molecule has 0 bridgehead atoms. The number of hydrogen-bond donors (Lipinski definition) is 1. The van der Waals surface area contributed by atoms with Gasteiger partial charge in [-0.3, -0.25) is 35.7 Å². The third kappa shape index (κ3) is 4.59. The van der Waals surface area contributed by atoms with Crippen LogP contribution >= 0.6 is 0 Å². The molecular formula is C11H12N4O8. The van der Waals surface area contributed by atoms with Gasteiger partial charge in [-0.05, 0) is 6.42 Å². The van der Waals surface area contributed by atoms with Crippen LogP contribution in [-0.2, 0) is 4.74 Å². The van der Waals surface area contributed by atoms with Crippen molar-refractivity contribution < 1.29 is 24.3 Å². The molecule has 124 valence electrons. The predicted octanol–water partition coefficient (Wildman–Crippen LogP) is 2.76. The van der Waals surface area contributed by atoms with Crippen LogP contribution in [0.5, 0.6) is 0 Å². The fraction of sp³-hybridized carbons (Fsp3) is 0.364. The summed E-state index contributed by atoms with van der Waals surface area (Å²) in [4.78, 5) is 41.1. The second kappa shape index (κ2) is 7.63. The van der Waals surface area contributed by atoms with Crippen LogP contribution in [0.15, 0.2) is 12.1 Å². The van der Waals surface area contributed by atoms with Gasteiger partial charge in [-0.1, -0.05) is 13.3 Å². The van der Waals surface area contributed by atoms with Gasteiger partial charge in [0.05, 0.1) is 33.5 Å². The number of rotatable bonds is 7. The van der Waals surface area contributed by atoms with Gasteiger partial charge in [0.2, 0.25) is 5.69 Å². The molecular weight excluding hydrogens is 316 g/mol. The Balaban J connectivity index is 3.27. The Morgan fingerprint density at radius 1 is 1.09 bits per heavy atom. The average molecular weight is 328 g/mol. The first-order valence-corrected chi connectivity index (χ1v) is 6.32. The Morgan fingerprint density at radius 2 is 1.61 bits per heavy atom. The fourth-order valence-corrected chi connectivity index (χ4v) is 1.57. The van der Waals surface area contributed by atoms with Crippen molar-refractivity contribution in [3.8, 4) is 0 Å². The first kappa shape index (κ1) is 17.7. The van der Waals surface area contributed by atoms with Crippen molar-refractivity contribution in [1.82, 2.24) is 0 Å². The number of benzene rings is 1. The predicted molar refractivity (Wildman–Crippen MR) is 76.3 cm³/mol. The average Bonchev–Trinajstić information content (AvgIpc) is 2.46. The zero-order valence-electron chi connectivity index (χ0n) is 11.9. The fourth-order valence-electron chi connectivity index (χ4n) is 1.57. The largest absolute Gasteiger partial charge is 0.449 e. The summed E-state index contributed by atoms with van der Waals surface area (Å²) in [5.74, 6) is 0. The molecule has 0 aromatic heterocycles. The number of nitro benzene ring substituents is 3. The second-order valence-electron chi connectivity index (χ2n) is 4.24. The molecule has 12 nitrogen and oxygen atoms in total. The van der Waals surface area contributed by atoms with Crippen LogP contribution in [0.1, 0.15) is 19.8 Å². The molecule has 1 amide bonds. The van der Waals surface area contributed by atoms with Crippen LogP contribution in [0.25, 0.3) is 0 Å². The number of non-ortho nitro benzene ring substituents is 1. The highest BCUT2D eigenvalue weighted by molar-refractivity contribution is 5.92. The van der Waals surface area contributed by atoms with E-state index in [0.29, 0.717) is 18.6 Å². The van der Waals surface area contributed by atoms with Gasteiger partial charge in [0, 0.05) is 0 Å². The summed E-state index contributed by atoms with van der Waals surface area (Å²) < 4.78 is 4.70. The van der Waals surface area contributed by atoms with Crippen LogP contribution < -0.4 is 5.32 Å². The van der Waals surface area contributed by atoms with Gasteiger partial charge in [-0.15, -0.1) is 0 Å². The molecule has 0 aliphatic heterocycles. The maximum absolute atomic E-state index is 11.5. The Labute approximate surface area is 128 Å². The van der Waals surface area contributed by atoms with Gasteiger partial charge in [-0.25, -0.2) is 4.79 Å². The van der Waals surface area contributed by atoms with Crippen LogP contribution in [0.2, 0.25) is 0 Å². The molecule has 0 saturated carbocycles. The van der Waals surface area contributed by atoms with Crippen LogP contribution in [0.4, 0.5) is 27.5 Å². The third-order valence-corrected chi connectivity index (χ3v) is 2.64. The lowest BCUT2D eigenvalue weighted by Crippen LogP contribution is -2.16.